The van der Waals surface area contributed by atoms with Crippen molar-refractivity contribution in [3.8, 4) is 16.3 Å². The highest BCUT2D eigenvalue weighted by molar-refractivity contribution is 7.13. The topological polar surface area (TPSA) is 97.6 Å². The van der Waals surface area contributed by atoms with Gasteiger partial charge in [-0.3, -0.25) is 14.5 Å². The molecule has 31 heavy (non-hydrogen) atoms. The number of aromatic nitrogens is 1. The fourth-order valence-corrected chi connectivity index (χ4v) is 4.57. The number of nitrogens with two attached hydrogens (primary N) is 1. The largest absolute Gasteiger partial charge is 0.497 e. The highest BCUT2D eigenvalue weighted by Gasteiger charge is 2.29. The maximum Gasteiger partial charge on any atom is 0.275 e. The van der Waals surface area contributed by atoms with Gasteiger partial charge in [-0.1, -0.05) is 18.2 Å². The predicted octanol–water partition coefficient (Wildman–Crippen LogP) is 3.52. The van der Waals surface area contributed by atoms with Crippen LogP contribution in [-0.4, -0.2) is 41.4 Å². The number of primary amides is 1. The lowest BCUT2D eigenvalue weighted by molar-refractivity contribution is -0.122. The number of rotatable bonds is 7. The third-order valence-electron chi connectivity index (χ3n) is 5.40. The van der Waals surface area contributed by atoms with Gasteiger partial charge in [-0.25, -0.2) is 4.98 Å². The van der Waals surface area contributed by atoms with Gasteiger partial charge in [0.2, 0.25) is 5.91 Å². The Morgan fingerprint density at radius 2 is 2.00 bits per heavy atom. The van der Waals surface area contributed by atoms with Gasteiger partial charge in [0, 0.05) is 23.2 Å². The van der Waals surface area contributed by atoms with Gasteiger partial charge in [-0.05, 0) is 55.3 Å². The molecule has 7 nitrogen and oxygen atoms in total. The van der Waals surface area contributed by atoms with Crippen LogP contribution in [-0.2, 0) is 11.3 Å². The number of hydrogen-bond acceptors (Lipinski definition) is 6. The van der Waals surface area contributed by atoms with Crippen LogP contribution < -0.4 is 15.8 Å². The van der Waals surface area contributed by atoms with Gasteiger partial charge in [0.05, 0.1) is 13.2 Å². The van der Waals surface area contributed by atoms with E-state index < -0.39 is 0 Å². The molecule has 1 aromatic heterocycles. The van der Waals surface area contributed by atoms with Crippen LogP contribution in [0.2, 0.25) is 0 Å². The molecule has 160 valence electrons. The average Bonchev–Trinajstić information content (AvgIpc) is 3.45. The Kier molecular flexibility index (Phi) is 6.29. The Hall–Kier alpha value is -3.23. The number of hydrogen-bond donors (Lipinski definition) is 2. The summed E-state index contributed by atoms with van der Waals surface area (Å²) in [5, 5.41) is 5.49. The molecular formula is C23H24N4O3S. The number of amides is 2. The molecule has 1 unspecified atom stereocenters. The molecule has 8 heteroatoms. The van der Waals surface area contributed by atoms with Crippen LogP contribution >= 0.6 is 11.3 Å². The van der Waals surface area contributed by atoms with Crippen molar-refractivity contribution in [1.29, 1.82) is 0 Å². The maximum atomic E-state index is 12.8. The molecule has 1 atom stereocenters. The molecule has 0 aliphatic carbocycles. The smallest absolute Gasteiger partial charge is 0.275 e. The summed E-state index contributed by atoms with van der Waals surface area (Å²) in [6.45, 7) is 1.37. The number of methoxy groups -OCH3 is 1. The van der Waals surface area contributed by atoms with Gasteiger partial charge >= 0.3 is 0 Å². The van der Waals surface area contributed by atoms with E-state index in [0.29, 0.717) is 17.9 Å². The number of ether oxygens (including phenoxy) is 1. The molecule has 0 bridgehead atoms. The van der Waals surface area contributed by atoms with E-state index in [9.17, 15) is 9.59 Å². The number of carbonyl (C=O) groups excluding carboxylic acids is 2. The molecule has 1 saturated heterocycles. The summed E-state index contributed by atoms with van der Waals surface area (Å²) >= 11 is 1.42. The Morgan fingerprint density at radius 1 is 1.23 bits per heavy atom. The Morgan fingerprint density at radius 3 is 2.74 bits per heavy atom. The fraction of sp³-hybridized carbons (Fsp3) is 0.261. The number of benzene rings is 2. The normalized spacial score (nSPS) is 16.2. The van der Waals surface area contributed by atoms with E-state index in [1.807, 2.05) is 48.5 Å². The zero-order chi connectivity index (χ0) is 21.8. The first-order chi connectivity index (χ1) is 15.0. The number of anilines is 1. The van der Waals surface area contributed by atoms with E-state index in [0.717, 1.165) is 41.3 Å². The van der Waals surface area contributed by atoms with Crippen molar-refractivity contribution in [3.63, 3.8) is 0 Å². The van der Waals surface area contributed by atoms with E-state index >= 15 is 0 Å². The lowest BCUT2D eigenvalue weighted by atomic mass is 10.1. The lowest BCUT2D eigenvalue weighted by Gasteiger charge is -2.23. The second-order valence-electron chi connectivity index (χ2n) is 7.41. The van der Waals surface area contributed by atoms with Crippen molar-refractivity contribution >= 4 is 28.8 Å². The molecule has 2 amide bonds. The van der Waals surface area contributed by atoms with Crippen molar-refractivity contribution in [1.82, 2.24) is 9.88 Å². The standard InChI is InChI=1S/C23H24N4O3S/c1-30-17-10-8-15(9-11-17)23-26-19(14-31-23)22(29)25-18-6-3-2-5-16(18)13-27-12-4-7-20(27)21(24)28/h2-3,5-6,8-11,14,20H,4,7,12-13H2,1H3,(H2,24,28)(H,25,29). The molecule has 0 radical (unpaired) electrons. The number of para-hydroxylation sites is 1. The summed E-state index contributed by atoms with van der Waals surface area (Å²) in [6.07, 6.45) is 1.71. The lowest BCUT2D eigenvalue weighted by Crippen LogP contribution is -2.39. The van der Waals surface area contributed by atoms with Crippen molar-refractivity contribution in [2.24, 2.45) is 5.73 Å². The number of likely N-dealkylation sites (tertiary alicyclic amines) is 1. The fourth-order valence-electron chi connectivity index (χ4n) is 3.77. The molecule has 2 heterocycles. The summed E-state index contributed by atoms with van der Waals surface area (Å²) in [5.41, 5.74) is 8.48. The van der Waals surface area contributed by atoms with Gasteiger partial charge in [-0.2, -0.15) is 0 Å². The van der Waals surface area contributed by atoms with Gasteiger partial charge < -0.3 is 15.8 Å². The van der Waals surface area contributed by atoms with Crippen LogP contribution in [0.15, 0.2) is 53.9 Å². The van der Waals surface area contributed by atoms with Crippen LogP contribution in [0, 0.1) is 0 Å². The first kappa shape index (κ1) is 21.0. The van der Waals surface area contributed by atoms with E-state index in [-0.39, 0.29) is 17.9 Å². The molecule has 0 saturated carbocycles. The van der Waals surface area contributed by atoms with Crippen molar-refractivity contribution in [2.75, 3.05) is 19.0 Å². The second-order valence-corrected chi connectivity index (χ2v) is 8.27. The third-order valence-corrected chi connectivity index (χ3v) is 6.30. The summed E-state index contributed by atoms with van der Waals surface area (Å²) < 4.78 is 5.18. The van der Waals surface area contributed by atoms with Crippen LogP contribution in [0.5, 0.6) is 5.75 Å². The molecule has 3 N–H and O–H groups in total. The molecule has 1 fully saturated rings. The van der Waals surface area contributed by atoms with E-state index in [1.54, 1.807) is 12.5 Å². The Balaban J connectivity index is 1.48. The molecule has 4 rings (SSSR count). The highest BCUT2D eigenvalue weighted by atomic mass is 32.1. The SMILES string of the molecule is COc1ccc(-c2nc(C(=O)Nc3ccccc3CN3CCCC3C(N)=O)cs2)cc1. The zero-order valence-corrected chi connectivity index (χ0v) is 18.0. The zero-order valence-electron chi connectivity index (χ0n) is 17.2. The minimum Gasteiger partial charge on any atom is -0.497 e. The molecular weight excluding hydrogens is 412 g/mol. The molecule has 0 spiro atoms. The van der Waals surface area contributed by atoms with Crippen LogP contribution in [0.1, 0.15) is 28.9 Å². The Bertz CT molecular complexity index is 1080. The average molecular weight is 437 g/mol. The first-order valence-electron chi connectivity index (χ1n) is 10.1. The van der Waals surface area contributed by atoms with Gasteiger partial charge in [0.25, 0.3) is 5.91 Å². The number of nitrogens with zero attached hydrogens (tertiary/aromatic N) is 2. The van der Waals surface area contributed by atoms with Crippen LogP contribution in [0.3, 0.4) is 0 Å². The minimum absolute atomic E-state index is 0.255. The second kappa shape index (κ2) is 9.28. The molecule has 1 aliphatic heterocycles. The first-order valence-corrected chi connectivity index (χ1v) is 11.0. The van der Waals surface area contributed by atoms with Crippen LogP contribution in [0.4, 0.5) is 5.69 Å². The van der Waals surface area contributed by atoms with E-state index in [4.69, 9.17) is 10.5 Å². The quantitative estimate of drug-likeness (QED) is 0.591. The third kappa shape index (κ3) is 4.76. The van der Waals surface area contributed by atoms with Crippen molar-refractivity contribution < 1.29 is 14.3 Å². The minimum atomic E-state index is -0.299. The summed E-state index contributed by atoms with van der Waals surface area (Å²) in [6, 6.07) is 14.9. The van der Waals surface area contributed by atoms with E-state index in [2.05, 4.69) is 15.2 Å². The molecule has 3 aromatic rings. The molecule has 2 aromatic carbocycles. The number of carbonyl (C=O) groups is 2. The van der Waals surface area contributed by atoms with Crippen molar-refractivity contribution in [3.05, 3.63) is 65.2 Å². The van der Waals surface area contributed by atoms with Crippen molar-refractivity contribution in [2.45, 2.75) is 25.4 Å². The molecule has 1 aliphatic rings. The highest BCUT2D eigenvalue weighted by Crippen LogP contribution is 2.27. The summed E-state index contributed by atoms with van der Waals surface area (Å²) in [7, 11) is 1.62. The van der Waals surface area contributed by atoms with Gasteiger partial charge in [0.1, 0.15) is 16.5 Å². The van der Waals surface area contributed by atoms with E-state index in [1.165, 1.54) is 11.3 Å². The predicted molar refractivity (Wildman–Crippen MR) is 121 cm³/mol. The number of nitrogens with one attached hydrogen (secondary N) is 1. The summed E-state index contributed by atoms with van der Waals surface area (Å²) in [4.78, 5) is 31.1. The number of thiazole rings is 1. The van der Waals surface area contributed by atoms with Gasteiger partial charge in [-0.15, -0.1) is 11.3 Å². The summed E-state index contributed by atoms with van der Waals surface area (Å²) in [5.74, 6) is 0.204. The monoisotopic (exact) mass is 436 g/mol. The van der Waals surface area contributed by atoms with Crippen LogP contribution in [0.25, 0.3) is 10.6 Å². The Labute approximate surface area is 184 Å². The maximum absolute atomic E-state index is 12.8. The van der Waals surface area contributed by atoms with Gasteiger partial charge in [0.15, 0.2) is 0 Å².